The summed E-state index contributed by atoms with van der Waals surface area (Å²) in [4.78, 5) is 9.88. The molecule has 8 aromatic heterocycles. The minimum absolute atomic E-state index is 0.742. The van der Waals surface area contributed by atoms with Crippen molar-refractivity contribution >= 4 is 221 Å². The molecule has 122 heavy (non-hydrogen) atoms. The third-order valence-corrected chi connectivity index (χ3v) is 26.8. The Kier molecular flexibility index (Phi) is 14.7. The van der Waals surface area contributed by atoms with E-state index in [9.17, 15) is 0 Å². The van der Waals surface area contributed by atoms with Crippen LogP contribution in [0.2, 0.25) is 0 Å². The lowest BCUT2D eigenvalue weighted by atomic mass is 10.0. The van der Waals surface area contributed by atoms with Crippen molar-refractivity contribution in [1.82, 2.24) is 17.6 Å². The van der Waals surface area contributed by atoms with E-state index in [1.54, 1.807) is 0 Å². The van der Waals surface area contributed by atoms with E-state index >= 15 is 0 Å². The maximum absolute atomic E-state index is 2.57. The predicted molar refractivity (Wildman–Crippen MR) is 517 cm³/mol. The van der Waals surface area contributed by atoms with Gasteiger partial charge in [0, 0.05) is 132 Å². The average Bonchev–Trinajstić information content (AvgIpc) is 1.51. The Labute approximate surface area is 703 Å². The van der Waals surface area contributed by atoms with Crippen molar-refractivity contribution in [2.24, 2.45) is 0 Å². The summed E-state index contributed by atoms with van der Waals surface area (Å²) >= 11 is 0. The molecule has 26 aromatic rings. The predicted octanol–water partition coefficient (Wildman–Crippen LogP) is 31.2. The van der Waals surface area contributed by atoms with E-state index in [0.29, 0.717) is 0 Å². The number of fused-ring (bicyclic) bond motifs is 24. The molecule has 0 aliphatic carbocycles. The van der Waals surface area contributed by atoms with Gasteiger partial charge in [-0.15, -0.1) is 0 Å². The van der Waals surface area contributed by atoms with Crippen LogP contribution in [0.3, 0.4) is 0 Å². The Hall–Kier alpha value is -15.6. The highest BCUT2D eigenvalue weighted by molar-refractivity contribution is 6.35. The fourth-order valence-corrected chi connectivity index (χ4v) is 21.4. The highest BCUT2D eigenvalue weighted by atomic mass is 15.2. The van der Waals surface area contributed by atoms with Gasteiger partial charge in [-0.1, -0.05) is 232 Å². The number of nitrogens with zero attached hydrogens (tertiary/aromatic N) is 8. The fourth-order valence-electron chi connectivity index (χ4n) is 21.4. The number of hydrogen-bond donors (Lipinski definition) is 0. The lowest BCUT2D eigenvalue weighted by Gasteiger charge is -2.27. The smallest absolute Gasteiger partial charge is 0.0641 e. The van der Waals surface area contributed by atoms with Crippen molar-refractivity contribution in [2.75, 3.05) is 19.6 Å². The van der Waals surface area contributed by atoms with Crippen molar-refractivity contribution in [1.29, 1.82) is 0 Å². The summed E-state index contributed by atoms with van der Waals surface area (Å²) in [5.41, 5.74) is 34.4. The summed E-state index contributed by atoms with van der Waals surface area (Å²) in [6.45, 7) is 6.63. The lowest BCUT2D eigenvalue weighted by molar-refractivity contribution is 1.13. The summed E-state index contributed by atoms with van der Waals surface area (Å²) in [6.07, 6.45) is 2.69. The van der Waals surface area contributed by atoms with Crippen LogP contribution in [0.15, 0.2) is 382 Å². The van der Waals surface area contributed by atoms with Gasteiger partial charge in [0.1, 0.15) is 0 Å². The summed E-state index contributed by atoms with van der Waals surface area (Å²) < 4.78 is 10.2. The lowest BCUT2D eigenvalue weighted by Crippen LogP contribution is -2.11. The summed E-state index contributed by atoms with van der Waals surface area (Å²) in [7, 11) is 0. The topological polar surface area (TPSA) is 30.6 Å². The summed E-state index contributed by atoms with van der Waals surface area (Å²) in [5.74, 6) is 0. The first-order chi connectivity index (χ1) is 60.4. The number of para-hydroxylation sites is 7. The first-order valence-electron chi connectivity index (χ1n) is 42.8. The molecule has 0 aliphatic rings. The molecule has 0 unspecified atom stereocenters. The van der Waals surface area contributed by atoms with Crippen LogP contribution in [0.1, 0.15) is 41.7 Å². The number of anilines is 12. The van der Waals surface area contributed by atoms with Crippen LogP contribution >= 0.6 is 0 Å². The standard InChI is InChI=1S/C114H78N8/c1-4-71-42-50-79(51-43-71)116(76-27-11-7-12-28-76)100-61-57-84-93-68-106-94(69-105(93)120-96-37-20-16-33-88(96)108(100)112(84)120)86-59-63-102(110-90-35-18-22-39-98(90)122(106)114(86)110)118(81-52-44-72(5-2)45-53-81)82-31-23-24-74(65-82)64-73-46-54-80(55-47-73)117(77-29-13-8-14-30-77)101-62-58-85-92-67-103-91(66-104(92)121-97-38-21-17-34-89(97)109(101)113(85)121)83-56-60-99(107-87-32-15-19-36-95(87)119(103)111(83)107)115(75-25-9-6-10-26-75)78-48-40-70(3)41-49-78/h6-63,65-69H,4-5,64H2,1-3H3. The largest absolute Gasteiger partial charge is 0.310 e. The maximum atomic E-state index is 2.57. The van der Waals surface area contributed by atoms with Crippen LogP contribution in [-0.4, -0.2) is 17.6 Å². The van der Waals surface area contributed by atoms with Gasteiger partial charge in [-0.05, 0) is 218 Å². The van der Waals surface area contributed by atoms with Gasteiger partial charge in [0.05, 0.1) is 88.9 Å². The van der Waals surface area contributed by atoms with E-state index in [2.05, 4.69) is 440 Å². The molecule has 0 N–H and O–H groups in total. The molecule has 0 amide bonds. The molecule has 8 heterocycles. The first kappa shape index (κ1) is 68.4. The van der Waals surface area contributed by atoms with Crippen molar-refractivity contribution in [2.45, 2.75) is 40.0 Å². The molecule has 0 atom stereocenters. The van der Waals surface area contributed by atoms with E-state index in [-0.39, 0.29) is 0 Å². The SMILES string of the molecule is CCc1ccc(N(c2ccccc2)c2ccc3c4cc5c(cc4n4c6ccccc6c2c34)c2ccc(N(c3ccc(CC)cc3)c3cccc(Cc4ccc(N(c6ccccc6)c6ccc7c8cc9c(cc8n8c%10ccccc%10c6c78)c6ccc(N(c7ccccc7)c7ccc(C)cc7)c7c8ccccc8n9c67)cc4)c3)c3c4ccccc4n5c23)cc1. The van der Waals surface area contributed by atoms with Gasteiger partial charge in [-0.25, -0.2) is 0 Å². The average molecular weight is 1560 g/mol. The molecule has 0 aliphatic heterocycles. The second kappa shape index (κ2) is 26.2. The zero-order valence-electron chi connectivity index (χ0n) is 67.6. The van der Waals surface area contributed by atoms with Gasteiger partial charge < -0.3 is 37.2 Å². The zero-order chi connectivity index (χ0) is 80.3. The molecule has 0 spiro atoms. The molecule has 18 aromatic carbocycles. The fraction of sp³-hybridized carbons (Fsp3) is 0.0526. The molecular weight excluding hydrogens is 1480 g/mol. The second-order valence-electron chi connectivity index (χ2n) is 33.3. The van der Waals surface area contributed by atoms with Crippen molar-refractivity contribution in [3.8, 4) is 0 Å². The highest BCUT2D eigenvalue weighted by Gasteiger charge is 2.32. The van der Waals surface area contributed by atoms with Crippen LogP contribution in [-0.2, 0) is 19.3 Å². The molecule has 0 saturated carbocycles. The number of benzene rings is 18. The highest BCUT2D eigenvalue weighted by Crippen LogP contribution is 2.55. The summed E-state index contributed by atoms with van der Waals surface area (Å²) in [6, 6.07) is 144. The monoisotopic (exact) mass is 1560 g/mol. The normalized spacial score (nSPS) is 12.3. The molecule has 8 heteroatoms. The van der Waals surface area contributed by atoms with Gasteiger partial charge in [0.15, 0.2) is 0 Å². The maximum Gasteiger partial charge on any atom is 0.0641 e. The Morgan fingerprint density at radius 3 is 0.762 bits per heavy atom. The molecule has 26 rings (SSSR count). The number of aromatic nitrogens is 4. The molecule has 0 saturated heterocycles. The van der Waals surface area contributed by atoms with Crippen LogP contribution in [0.4, 0.5) is 68.2 Å². The molecule has 8 nitrogen and oxygen atoms in total. The number of rotatable bonds is 16. The first-order valence-corrected chi connectivity index (χ1v) is 42.8. The van der Waals surface area contributed by atoms with E-state index in [4.69, 9.17) is 0 Å². The summed E-state index contributed by atoms with van der Waals surface area (Å²) in [5, 5.41) is 19.8. The van der Waals surface area contributed by atoms with Gasteiger partial charge in [-0.2, -0.15) is 0 Å². The van der Waals surface area contributed by atoms with Gasteiger partial charge in [0.2, 0.25) is 0 Å². The minimum atomic E-state index is 0.742. The van der Waals surface area contributed by atoms with Crippen molar-refractivity contribution < 1.29 is 0 Å². The van der Waals surface area contributed by atoms with Crippen molar-refractivity contribution in [3.63, 3.8) is 0 Å². The molecular formula is C114H78N8. The third kappa shape index (κ3) is 9.74. The Morgan fingerprint density at radius 2 is 0.451 bits per heavy atom. The Balaban J connectivity index is 0.583. The van der Waals surface area contributed by atoms with Gasteiger partial charge in [0.25, 0.3) is 0 Å². The van der Waals surface area contributed by atoms with E-state index in [1.165, 1.54) is 180 Å². The van der Waals surface area contributed by atoms with E-state index in [0.717, 1.165) is 87.5 Å². The molecule has 0 radical (unpaired) electrons. The zero-order valence-corrected chi connectivity index (χ0v) is 67.6. The Bertz CT molecular complexity index is 8680. The quantitative estimate of drug-likeness (QED) is 0.0965. The van der Waals surface area contributed by atoms with Crippen molar-refractivity contribution in [3.05, 3.63) is 410 Å². The second-order valence-corrected chi connectivity index (χ2v) is 33.3. The van der Waals surface area contributed by atoms with Crippen LogP contribution < -0.4 is 19.6 Å². The number of hydrogen-bond acceptors (Lipinski definition) is 4. The van der Waals surface area contributed by atoms with Gasteiger partial charge >= 0.3 is 0 Å². The number of aryl methyl sites for hydroxylation is 3. The van der Waals surface area contributed by atoms with E-state index in [1.807, 2.05) is 0 Å². The van der Waals surface area contributed by atoms with Crippen LogP contribution in [0, 0.1) is 6.92 Å². The molecule has 0 fully saturated rings. The Morgan fingerprint density at radius 1 is 0.189 bits per heavy atom. The molecule has 0 bridgehead atoms. The van der Waals surface area contributed by atoms with Crippen LogP contribution in [0.25, 0.3) is 152 Å². The van der Waals surface area contributed by atoms with Crippen LogP contribution in [0.5, 0.6) is 0 Å². The minimum Gasteiger partial charge on any atom is -0.310 e. The van der Waals surface area contributed by atoms with Gasteiger partial charge in [-0.3, -0.25) is 0 Å². The third-order valence-electron chi connectivity index (χ3n) is 26.8. The van der Waals surface area contributed by atoms with E-state index < -0.39 is 0 Å². The molecule has 574 valence electrons.